The maximum absolute atomic E-state index is 13.9. The molecule has 0 saturated heterocycles. The number of methoxy groups -OCH3 is 1. The minimum atomic E-state index is -0.989. The second kappa shape index (κ2) is 11.4. The van der Waals surface area contributed by atoms with E-state index >= 15 is 0 Å². The van der Waals surface area contributed by atoms with E-state index in [1.54, 1.807) is 18.2 Å². The van der Waals surface area contributed by atoms with E-state index in [4.69, 9.17) is 4.74 Å². The van der Waals surface area contributed by atoms with Crippen molar-refractivity contribution in [1.82, 2.24) is 35.5 Å². The van der Waals surface area contributed by atoms with E-state index in [2.05, 4.69) is 30.8 Å². The molecule has 5 aromatic rings. The Bertz CT molecular complexity index is 1500. The molecule has 3 heterocycles. The van der Waals surface area contributed by atoms with Crippen LogP contribution in [0.2, 0.25) is 0 Å². The Morgan fingerprint density at radius 3 is 2.66 bits per heavy atom. The average Bonchev–Trinajstić information content (AvgIpc) is 3.70. The second-order valence-electron chi connectivity index (χ2n) is 8.00. The smallest absolute Gasteiger partial charge is 0.279 e. The van der Waals surface area contributed by atoms with Crippen LogP contribution < -0.4 is 15.0 Å². The van der Waals surface area contributed by atoms with Crippen molar-refractivity contribution in [3.63, 3.8) is 0 Å². The SMILES string of the molecule is COc1cc(N(C(=O)c2cnccn2)[C@@H](C(=O)NCc2ccccc2)c2cccs2)ccc1-n1cnnn1. The van der Waals surface area contributed by atoms with Crippen molar-refractivity contribution in [3.8, 4) is 11.4 Å². The molecular weight excluding hydrogens is 504 g/mol. The topological polar surface area (TPSA) is 128 Å². The van der Waals surface area contributed by atoms with Gasteiger partial charge in [-0.3, -0.25) is 19.5 Å². The van der Waals surface area contributed by atoms with Crippen LogP contribution in [0.4, 0.5) is 5.69 Å². The third kappa shape index (κ3) is 5.25. The Morgan fingerprint density at radius 2 is 1.97 bits per heavy atom. The molecule has 0 unspecified atom stereocenters. The highest BCUT2D eigenvalue weighted by Gasteiger charge is 2.35. The Kier molecular flexibility index (Phi) is 7.41. The highest BCUT2D eigenvalue weighted by atomic mass is 32.1. The fourth-order valence-corrected chi connectivity index (χ4v) is 4.71. The Balaban J connectivity index is 1.59. The molecule has 11 nitrogen and oxygen atoms in total. The predicted molar refractivity (Wildman–Crippen MR) is 140 cm³/mol. The van der Waals surface area contributed by atoms with E-state index in [9.17, 15) is 9.59 Å². The number of thiophene rings is 1. The van der Waals surface area contributed by atoms with Crippen molar-refractivity contribution in [3.05, 3.63) is 107 Å². The molecule has 0 radical (unpaired) electrons. The van der Waals surface area contributed by atoms with Crippen LogP contribution in [0.3, 0.4) is 0 Å². The van der Waals surface area contributed by atoms with Crippen LogP contribution in [0.5, 0.6) is 5.75 Å². The summed E-state index contributed by atoms with van der Waals surface area (Å²) in [5, 5.41) is 16.1. The van der Waals surface area contributed by atoms with Gasteiger partial charge in [0.15, 0.2) is 6.04 Å². The molecular formula is C26H22N8O3S. The third-order valence-corrected chi connectivity index (χ3v) is 6.59. The molecule has 12 heteroatoms. The molecule has 1 atom stereocenters. The van der Waals surface area contributed by atoms with Crippen LogP contribution in [0.15, 0.2) is 91.0 Å². The van der Waals surface area contributed by atoms with Crippen molar-refractivity contribution >= 4 is 28.8 Å². The summed E-state index contributed by atoms with van der Waals surface area (Å²) in [7, 11) is 1.51. The summed E-state index contributed by atoms with van der Waals surface area (Å²) >= 11 is 1.38. The van der Waals surface area contributed by atoms with Crippen molar-refractivity contribution < 1.29 is 14.3 Å². The quantitative estimate of drug-likeness (QED) is 0.310. The lowest BCUT2D eigenvalue weighted by molar-refractivity contribution is -0.122. The monoisotopic (exact) mass is 526 g/mol. The number of ether oxygens (including phenoxy) is 1. The van der Waals surface area contributed by atoms with Crippen molar-refractivity contribution in [2.24, 2.45) is 0 Å². The molecule has 1 N–H and O–H groups in total. The van der Waals surface area contributed by atoms with Gasteiger partial charge in [-0.2, -0.15) is 4.68 Å². The van der Waals surface area contributed by atoms with Crippen LogP contribution in [-0.4, -0.2) is 49.1 Å². The van der Waals surface area contributed by atoms with Crippen molar-refractivity contribution in [2.75, 3.05) is 12.0 Å². The van der Waals surface area contributed by atoms with Gasteiger partial charge in [-0.1, -0.05) is 36.4 Å². The fraction of sp³-hybridized carbons (Fsp3) is 0.115. The number of tetrazole rings is 1. The van der Waals surface area contributed by atoms with Gasteiger partial charge in [0, 0.05) is 35.6 Å². The number of hydrogen-bond donors (Lipinski definition) is 1. The first kappa shape index (κ1) is 24.7. The first-order valence-electron chi connectivity index (χ1n) is 11.5. The summed E-state index contributed by atoms with van der Waals surface area (Å²) in [5.74, 6) is -0.443. The predicted octanol–water partition coefficient (Wildman–Crippen LogP) is 3.23. The first-order valence-corrected chi connectivity index (χ1v) is 12.4. The minimum Gasteiger partial charge on any atom is -0.494 e. The molecule has 0 saturated carbocycles. The number of benzene rings is 2. The molecule has 190 valence electrons. The number of carbonyl (C=O) groups excluding carboxylic acids is 2. The zero-order valence-electron chi connectivity index (χ0n) is 20.2. The van der Waals surface area contributed by atoms with Crippen LogP contribution in [-0.2, 0) is 11.3 Å². The Morgan fingerprint density at radius 1 is 1.11 bits per heavy atom. The molecule has 0 aliphatic heterocycles. The summed E-state index contributed by atoms with van der Waals surface area (Å²) < 4.78 is 7.05. The van der Waals surface area contributed by atoms with Crippen molar-refractivity contribution in [1.29, 1.82) is 0 Å². The Hall–Kier alpha value is -4.97. The molecule has 0 aliphatic rings. The number of carbonyl (C=O) groups is 2. The maximum Gasteiger partial charge on any atom is 0.279 e. The van der Waals surface area contributed by atoms with Crippen LogP contribution >= 0.6 is 11.3 Å². The summed E-state index contributed by atoms with van der Waals surface area (Å²) in [6, 6.07) is 17.3. The van der Waals surface area contributed by atoms with Gasteiger partial charge in [-0.05, 0) is 39.6 Å². The molecule has 5 rings (SSSR count). The number of hydrogen-bond acceptors (Lipinski definition) is 9. The van der Waals surface area contributed by atoms with Gasteiger partial charge in [-0.15, -0.1) is 16.4 Å². The maximum atomic E-state index is 13.9. The zero-order chi connectivity index (χ0) is 26.3. The minimum absolute atomic E-state index is 0.0911. The molecule has 3 aromatic heterocycles. The number of nitrogens with one attached hydrogen (secondary N) is 1. The van der Waals surface area contributed by atoms with E-state index in [0.29, 0.717) is 28.5 Å². The summed E-state index contributed by atoms with van der Waals surface area (Å²) in [6.45, 7) is 0.302. The largest absolute Gasteiger partial charge is 0.494 e. The number of aromatic nitrogens is 6. The van der Waals surface area contributed by atoms with Crippen LogP contribution in [0.25, 0.3) is 5.69 Å². The van der Waals surface area contributed by atoms with Gasteiger partial charge in [-0.25, -0.2) is 4.98 Å². The van der Waals surface area contributed by atoms with E-state index in [0.717, 1.165) is 5.56 Å². The van der Waals surface area contributed by atoms with Gasteiger partial charge in [0.2, 0.25) is 5.91 Å². The number of amides is 2. The first-order chi connectivity index (χ1) is 18.7. The molecule has 0 aliphatic carbocycles. The lowest BCUT2D eigenvalue weighted by Gasteiger charge is -2.30. The van der Waals surface area contributed by atoms with E-state index in [1.165, 1.54) is 52.9 Å². The third-order valence-electron chi connectivity index (χ3n) is 5.67. The molecule has 38 heavy (non-hydrogen) atoms. The average molecular weight is 527 g/mol. The molecule has 0 bridgehead atoms. The molecule has 2 amide bonds. The van der Waals surface area contributed by atoms with E-state index in [-0.39, 0.29) is 11.6 Å². The fourth-order valence-electron chi connectivity index (χ4n) is 3.90. The van der Waals surface area contributed by atoms with Gasteiger partial charge < -0.3 is 10.1 Å². The van der Waals surface area contributed by atoms with Crippen LogP contribution in [0.1, 0.15) is 27.0 Å². The standard InChI is InChI=1S/C26H22N8O3S/c1-37-22-14-19(9-10-21(22)33-17-30-31-32-33)34(26(36)20-16-27-11-12-28-20)24(23-8-5-13-38-23)25(35)29-15-18-6-3-2-4-7-18/h2-14,16-17,24H,15H2,1H3,(H,29,35)/t24-/m1/s1. The Labute approximate surface area is 221 Å². The lowest BCUT2D eigenvalue weighted by Crippen LogP contribution is -2.44. The number of anilines is 1. The summed E-state index contributed by atoms with van der Waals surface area (Å²) in [5.41, 5.74) is 2.01. The van der Waals surface area contributed by atoms with Gasteiger partial charge in [0.05, 0.1) is 13.3 Å². The zero-order valence-corrected chi connectivity index (χ0v) is 21.0. The molecule has 2 aromatic carbocycles. The lowest BCUT2D eigenvalue weighted by atomic mass is 10.1. The highest BCUT2D eigenvalue weighted by molar-refractivity contribution is 7.10. The van der Waals surface area contributed by atoms with Crippen LogP contribution in [0, 0.1) is 0 Å². The van der Waals surface area contributed by atoms with Gasteiger partial charge in [0.25, 0.3) is 5.91 Å². The summed E-state index contributed by atoms with van der Waals surface area (Å²) in [4.78, 5) is 38.0. The summed E-state index contributed by atoms with van der Waals surface area (Å²) in [6.07, 6.45) is 5.72. The van der Waals surface area contributed by atoms with E-state index < -0.39 is 11.9 Å². The molecule has 0 fully saturated rings. The highest BCUT2D eigenvalue weighted by Crippen LogP contribution is 2.35. The molecule has 0 spiro atoms. The van der Waals surface area contributed by atoms with Gasteiger partial charge >= 0.3 is 0 Å². The normalized spacial score (nSPS) is 11.5. The number of nitrogens with zero attached hydrogens (tertiary/aromatic N) is 7. The van der Waals surface area contributed by atoms with Gasteiger partial charge in [0.1, 0.15) is 23.5 Å². The second-order valence-corrected chi connectivity index (χ2v) is 8.98. The van der Waals surface area contributed by atoms with E-state index in [1.807, 2.05) is 47.8 Å². The van der Waals surface area contributed by atoms with Crippen molar-refractivity contribution in [2.45, 2.75) is 12.6 Å². The number of rotatable bonds is 9.